The summed E-state index contributed by atoms with van der Waals surface area (Å²) in [5, 5.41) is 6.22. The van der Waals surface area contributed by atoms with Crippen molar-refractivity contribution in [3.8, 4) is 11.4 Å². The quantitative estimate of drug-likeness (QED) is 0.369. The molecule has 0 aliphatic rings. The molecule has 0 radical (unpaired) electrons. The van der Waals surface area contributed by atoms with Gasteiger partial charge >= 0.3 is 0 Å². The van der Waals surface area contributed by atoms with E-state index in [9.17, 15) is 4.79 Å². The predicted molar refractivity (Wildman–Crippen MR) is 130 cm³/mol. The molecule has 160 valence electrons. The van der Waals surface area contributed by atoms with Gasteiger partial charge in [-0.15, -0.1) is 0 Å². The second-order valence-corrected chi connectivity index (χ2v) is 8.06. The highest BCUT2D eigenvalue weighted by Crippen LogP contribution is 2.21. The Kier molecular flexibility index (Phi) is 6.26. The van der Waals surface area contributed by atoms with Gasteiger partial charge in [0.1, 0.15) is 5.82 Å². The van der Waals surface area contributed by atoms with Crippen LogP contribution < -0.4 is 10.6 Å². The van der Waals surface area contributed by atoms with Crippen LogP contribution in [0.15, 0.2) is 85.1 Å². The van der Waals surface area contributed by atoms with Crippen LogP contribution in [0.1, 0.15) is 41.3 Å². The van der Waals surface area contributed by atoms with Crippen LogP contribution in [0.2, 0.25) is 0 Å². The van der Waals surface area contributed by atoms with Gasteiger partial charge in [-0.1, -0.05) is 55.8 Å². The molecule has 32 heavy (non-hydrogen) atoms. The van der Waals surface area contributed by atoms with Gasteiger partial charge in [0, 0.05) is 28.7 Å². The van der Waals surface area contributed by atoms with Crippen LogP contribution in [-0.4, -0.2) is 15.9 Å². The first-order valence-corrected chi connectivity index (χ1v) is 10.7. The van der Waals surface area contributed by atoms with Crippen molar-refractivity contribution in [1.82, 2.24) is 9.97 Å². The Balaban J connectivity index is 1.42. The second-order valence-electron chi connectivity index (χ2n) is 8.06. The summed E-state index contributed by atoms with van der Waals surface area (Å²) in [4.78, 5) is 21.5. The fraction of sp³-hybridized carbons (Fsp3) is 0.148. The number of anilines is 3. The number of aromatic nitrogens is 2. The summed E-state index contributed by atoms with van der Waals surface area (Å²) in [6.07, 6.45) is 1.73. The van der Waals surface area contributed by atoms with E-state index < -0.39 is 0 Å². The molecule has 1 aromatic heterocycles. The molecule has 0 aliphatic heterocycles. The summed E-state index contributed by atoms with van der Waals surface area (Å²) in [6, 6.07) is 25.2. The molecule has 3 aromatic carbocycles. The van der Waals surface area contributed by atoms with Crippen molar-refractivity contribution < 1.29 is 4.79 Å². The number of carbonyl (C=O) groups excluding carboxylic acids is 1. The molecule has 4 aromatic rings. The zero-order valence-corrected chi connectivity index (χ0v) is 18.5. The number of hydrogen-bond donors (Lipinski definition) is 2. The first-order valence-electron chi connectivity index (χ1n) is 10.7. The first kappa shape index (κ1) is 21.2. The van der Waals surface area contributed by atoms with Gasteiger partial charge in [-0.25, -0.2) is 9.97 Å². The van der Waals surface area contributed by atoms with Gasteiger partial charge in [0.25, 0.3) is 5.91 Å². The number of nitrogens with one attached hydrogen (secondary N) is 2. The van der Waals surface area contributed by atoms with E-state index in [2.05, 4.69) is 41.4 Å². The monoisotopic (exact) mass is 422 g/mol. The van der Waals surface area contributed by atoms with Crippen LogP contribution in [0.25, 0.3) is 11.4 Å². The molecular weight excluding hydrogens is 396 g/mol. The third-order valence-electron chi connectivity index (χ3n) is 5.22. The van der Waals surface area contributed by atoms with Crippen molar-refractivity contribution in [2.75, 3.05) is 10.6 Å². The van der Waals surface area contributed by atoms with E-state index in [4.69, 9.17) is 0 Å². The molecule has 1 heterocycles. The zero-order valence-electron chi connectivity index (χ0n) is 18.5. The minimum atomic E-state index is -0.141. The summed E-state index contributed by atoms with van der Waals surface area (Å²) >= 11 is 0. The topological polar surface area (TPSA) is 66.9 Å². The van der Waals surface area contributed by atoms with E-state index in [1.807, 2.05) is 66.7 Å². The molecule has 1 amide bonds. The lowest BCUT2D eigenvalue weighted by atomic mass is 10.0. The van der Waals surface area contributed by atoms with E-state index in [1.54, 1.807) is 18.3 Å². The summed E-state index contributed by atoms with van der Waals surface area (Å²) in [5.74, 6) is 1.67. The largest absolute Gasteiger partial charge is 0.340 e. The van der Waals surface area contributed by atoms with Crippen LogP contribution in [0, 0.1) is 6.92 Å². The zero-order chi connectivity index (χ0) is 22.5. The molecule has 0 fully saturated rings. The molecule has 0 unspecified atom stereocenters. The normalized spacial score (nSPS) is 10.8. The van der Waals surface area contributed by atoms with Gasteiger partial charge < -0.3 is 10.6 Å². The minimum Gasteiger partial charge on any atom is -0.340 e. The van der Waals surface area contributed by atoms with Crippen LogP contribution >= 0.6 is 0 Å². The summed E-state index contributed by atoms with van der Waals surface area (Å²) < 4.78 is 0. The van der Waals surface area contributed by atoms with Gasteiger partial charge in [-0.2, -0.15) is 0 Å². The smallest absolute Gasteiger partial charge is 0.255 e. The average molecular weight is 423 g/mol. The molecule has 0 bridgehead atoms. The standard InChI is InChI=1S/C27H26N4O/c1-18(2)20-8-12-24(13-9-20)30-27(32)22-10-14-23(15-11-22)29-25-16-17-28-26(31-25)21-6-4-19(3)5-7-21/h4-18H,1-3H3,(H,30,32)(H,28,29,31). The van der Waals surface area contributed by atoms with E-state index in [0.29, 0.717) is 23.1 Å². The Hall–Kier alpha value is -3.99. The van der Waals surface area contributed by atoms with Gasteiger partial charge in [-0.3, -0.25) is 4.79 Å². The number of aryl methyl sites for hydroxylation is 1. The van der Waals surface area contributed by atoms with Gasteiger partial charge in [0.15, 0.2) is 5.82 Å². The lowest BCUT2D eigenvalue weighted by Crippen LogP contribution is -2.11. The highest BCUT2D eigenvalue weighted by molar-refractivity contribution is 6.04. The predicted octanol–water partition coefficient (Wildman–Crippen LogP) is 6.57. The van der Waals surface area contributed by atoms with E-state index in [1.165, 1.54) is 11.1 Å². The highest BCUT2D eigenvalue weighted by atomic mass is 16.1. The molecule has 2 N–H and O–H groups in total. The van der Waals surface area contributed by atoms with Gasteiger partial charge in [-0.05, 0) is 60.9 Å². The molecular formula is C27H26N4O. The van der Waals surface area contributed by atoms with Crippen molar-refractivity contribution in [3.05, 3.63) is 102 Å². The fourth-order valence-electron chi connectivity index (χ4n) is 3.28. The SMILES string of the molecule is Cc1ccc(-c2nccc(Nc3ccc(C(=O)Nc4ccc(C(C)C)cc4)cc3)n2)cc1. The number of carbonyl (C=O) groups is 1. The Morgan fingerprint density at radius 1 is 0.812 bits per heavy atom. The first-order chi connectivity index (χ1) is 15.5. The molecule has 4 rings (SSSR count). The number of benzene rings is 3. The van der Waals surface area contributed by atoms with Crippen molar-refractivity contribution in [2.45, 2.75) is 26.7 Å². The molecule has 0 saturated heterocycles. The molecule has 0 spiro atoms. The summed E-state index contributed by atoms with van der Waals surface area (Å²) in [6.45, 7) is 6.34. The Labute approximate surface area is 188 Å². The van der Waals surface area contributed by atoms with Crippen LogP contribution in [0.3, 0.4) is 0 Å². The minimum absolute atomic E-state index is 0.141. The van der Waals surface area contributed by atoms with Gasteiger partial charge in [0.05, 0.1) is 0 Å². The molecule has 5 heteroatoms. The summed E-state index contributed by atoms with van der Waals surface area (Å²) in [7, 11) is 0. The maximum Gasteiger partial charge on any atom is 0.255 e. The molecule has 0 saturated carbocycles. The second kappa shape index (κ2) is 9.43. The van der Waals surface area contributed by atoms with Gasteiger partial charge in [0.2, 0.25) is 0 Å². The number of amides is 1. The average Bonchev–Trinajstić information content (AvgIpc) is 2.80. The van der Waals surface area contributed by atoms with Crippen LogP contribution in [-0.2, 0) is 0 Å². The molecule has 5 nitrogen and oxygen atoms in total. The van der Waals surface area contributed by atoms with Crippen molar-refractivity contribution >= 4 is 23.1 Å². The van der Waals surface area contributed by atoms with E-state index in [-0.39, 0.29) is 5.91 Å². The lowest BCUT2D eigenvalue weighted by molar-refractivity contribution is 0.102. The number of rotatable bonds is 6. The maximum atomic E-state index is 12.6. The summed E-state index contributed by atoms with van der Waals surface area (Å²) in [5.41, 5.74) is 5.62. The Morgan fingerprint density at radius 2 is 1.47 bits per heavy atom. The number of hydrogen-bond acceptors (Lipinski definition) is 4. The maximum absolute atomic E-state index is 12.6. The fourth-order valence-corrected chi connectivity index (χ4v) is 3.28. The Morgan fingerprint density at radius 3 is 2.12 bits per heavy atom. The van der Waals surface area contributed by atoms with Crippen LogP contribution in [0.4, 0.5) is 17.2 Å². The van der Waals surface area contributed by atoms with Crippen molar-refractivity contribution in [1.29, 1.82) is 0 Å². The number of nitrogens with zero attached hydrogens (tertiary/aromatic N) is 2. The van der Waals surface area contributed by atoms with Crippen LogP contribution in [0.5, 0.6) is 0 Å². The van der Waals surface area contributed by atoms with E-state index >= 15 is 0 Å². The lowest BCUT2D eigenvalue weighted by Gasteiger charge is -2.10. The molecule has 0 atom stereocenters. The van der Waals surface area contributed by atoms with E-state index in [0.717, 1.165) is 16.9 Å². The highest BCUT2D eigenvalue weighted by Gasteiger charge is 2.08. The third-order valence-corrected chi connectivity index (χ3v) is 5.22. The third kappa shape index (κ3) is 5.19. The Bertz CT molecular complexity index is 1200. The van der Waals surface area contributed by atoms with Crippen molar-refractivity contribution in [3.63, 3.8) is 0 Å². The van der Waals surface area contributed by atoms with Crippen molar-refractivity contribution in [2.24, 2.45) is 0 Å². The molecule has 0 aliphatic carbocycles.